The maximum Gasteiger partial charge on any atom is 0.268 e. The lowest BCUT2D eigenvalue weighted by Crippen LogP contribution is -2.22. The first kappa shape index (κ1) is 12.9. The number of amides is 1. The van der Waals surface area contributed by atoms with E-state index in [1.807, 2.05) is 0 Å². The molecule has 1 aliphatic rings. The average Bonchev–Trinajstić information content (AvgIpc) is 2.81. The Morgan fingerprint density at radius 2 is 2.05 bits per heavy atom. The van der Waals surface area contributed by atoms with Crippen molar-refractivity contribution in [1.29, 1.82) is 0 Å². The molecule has 104 valence electrons. The Balaban J connectivity index is 2.27. The van der Waals surface area contributed by atoms with Gasteiger partial charge >= 0.3 is 0 Å². The summed E-state index contributed by atoms with van der Waals surface area (Å²) >= 11 is 12.1. The molecule has 7 nitrogen and oxygen atoms in total. The molecule has 0 aliphatic carbocycles. The van der Waals surface area contributed by atoms with Gasteiger partial charge in [-0.2, -0.15) is 4.98 Å². The van der Waals surface area contributed by atoms with E-state index in [0.29, 0.717) is 11.1 Å². The van der Waals surface area contributed by atoms with Gasteiger partial charge in [-0.25, -0.2) is 0 Å². The number of nitrogens with two attached hydrogens (primary N) is 1. The third-order valence-corrected chi connectivity index (χ3v) is 3.69. The van der Waals surface area contributed by atoms with Gasteiger partial charge in [0.2, 0.25) is 11.8 Å². The molecule has 0 unspecified atom stereocenters. The number of nitrogen functional groups attached to an aromatic ring is 1. The Morgan fingerprint density at radius 3 is 2.70 bits per heavy atom. The largest absolute Gasteiger partial charge is 0.492 e. The van der Waals surface area contributed by atoms with Crippen molar-refractivity contribution in [1.82, 2.24) is 20.3 Å². The van der Waals surface area contributed by atoms with Gasteiger partial charge in [-0.15, -0.1) is 0 Å². The fraction of sp³-hybridized carbons (Fsp3) is 0.0909. The second-order valence-corrected chi connectivity index (χ2v) is 4.91. The van der Waals surface area contributed by atoms with Gasteiger partial charge in [0.1, 0.15) is 16.5 Å². The molecule has 0 saturated carbocycles. The highest BCUT2D eigenvalue weighted by Gasteiger charge is 2.28. The van der Waals surface area contributed by atoms with Crippen molar-refractivity contribution in [3.63, 3.8) is 0 Å². The molecule has 2 aromatic rings. The van der Waals surface area contributed by atoms with Crippen LogP contribution in [-0.4, -0.2) is 32.5 Å². The summed E-state index contributed by atoms with van der Waals surface area (Å²) in [5.74, 6) is -0.560. The summed E-state index contributed by atoms with van der Waals surface area (Å²) in [5, 5.41) is 12.8. The number of aromatic nitrogens is 3. The Kier molecular flexibility index (Phi) is 2.88. The number of hydrogen-bond donors (Lipinski definition) is 5. The number of carbonyl (C=O) groups is 1. The van der Waals surface area contributed by atoms with Crippen LogP contribution in [0.15, 0.2) is 6.08 Å². The number of anilines is 1. The number of nitrogens with one attached hydrogen (secondary N) is 3. The van der Waals surface area contributed by atoms with Crippen molar-refractivity contribution in [2.45, 2.75) is 0 Å². The van der Waals surface area contributed by atoms with Crippen LogP contribution < -0.4 is 11.1 Å². The molecule has 0 saturated heterocycles. The minimum absolute atomic E-state index is 0.0567. The first-order valence-electron chi connectivity index (χ1n) is 5.59. The summed E-state index contributed by atoms with van der Waals surface area (Å²) in [6, 6.07) is 0. The van der Waals surface area contributed by atoms with Crippen molar-refractivity contribution in [3.8, 4) is 5.88 Å². The monoisotopic (exact) mass is 313 g/mol. The van der Waals surface area contributed by atoms with Crippen LogP contribution in [0.4, 0.5) is 5.95 Å². The molecule has 0 spiro atoms. The molecule has 6 N–H and O–H groups in total. The highest BCUT2D eigenvalue weighted by atomic mass is 35.5. The number of nitrogens with zero attached hydrogens (tertiary/aromatic N) is 1. The van der Waals surface area contributed by atoms with Crippen molar-refractivity contribution in [2.75, 3.05) is 12.3 Å². The molecule has 3 rings (SSSR count). The fourth-order valence-corrected chi connectivity index (χ4v) is 2.54. The zero-order valence-electron chi connectivity index (χ0n) is 9.92. The SMILES string of the molecule is Nc1nc(O)c(C2=CCNC(=O)c3[nH]c(Cl)c(Cl)c32)[nH]1. The zero-order chi connectivity index (χ0) is 14.4. The number of imidazole rings is 1. The summed E-state index contributed by atoms with van der Waals surface area (Å²) in [7, 11) is 0. The quantitative estimate of drug-likeness (QED) is 0.548. The second-order valence-electron chi connectivity index (χ2n) is 4.15. The zero-order valence-corrected chi connectivity index (χ0v) is 11.4. The molecule has 2 aromatic heterocycles. The predicted molar refractivity (Wildman–Crippen MR) is 74.9 cm³/mol. The van der Waals surface area contributed by atoms with Gasteiger partial charge in [-0.05, 0) is 0 Å². The molecule has 0 aromatic carbocycles. The van der Waals surface area contributed by atoms with Crippen LogP contribution in [0.25, 0.3) is 5.57 Å². The first-order valence-corrected chi connectivity index (χ1v) is 6.35. The summed E-state index contributed by atoms with van der Waals surface area (Å²) < 4.78 is 0. The van der Waals surface area contributed by atoms with Crippen LogP contribution in [0.3, 0.4) is 0 Å². The third kappa shape index (κ3) is 1.83. The fourth-order valence-electron chi connectivity index (χ4n) is 2.10. The van der Waals surface area contributed by atoms with Crippen LogP contribution in [0, 0.1) is 0 Å². The minimum atomic E-state index is -0.341. The lowest BCUT2D eigenvalue weighted by molar-refractivity contribution is 0.0954. The van der Waals surface area contributed by atoms with Crippen LogP contribution in [0.5, 0.6) is 5.88 Å². The molecule has 1 aliphatic heterocycles. The molecule has 0 atom stereocenters. The molecule has 9 heteroatoms. The van der Waals surface area contributed by atoms with Crippen LogP contribution in [0.2, 0.25) is 10.2 Å². The van der Waals surface area contributed by atoms with E-state index in [4.69, 9.17) is 28.9 Å². The number of halogens is 2. The maximum absolute atomic E-state index is 11.9. The van der Waals surface area contributed by atoms with Gasteiger partial charge in [0.25, 0.3) is 5.91 Å². The van der Waals surface area contributed by atoms with Crippen molar-refractivity contribution < 1.29 is 9.90 Å². The molecule has 20 heavy (non-hydrogen) atoms. The van der Waals surface area contributed by atoms with Gasteiger partial charge < -0.3 is 26.1 Å². The Bertz CT molecular complexity index is 746. The average molecular weight is 314 g/mol. The van der Waals surface area contributed by atoms with Crippen molar-refractivity contribution in [3.05, 3.63) is 33.2 Å². The van der Waals surface area contributed by atoms with E-state index < -0.39 is 0 Å². The van der Waals surface area contributed by atoms with E-state index in [1.165, 1.54) is 0 Å². The normalized spacial score (nSPS) is 14.5. The molecule has 0 bridgehead atoms. The van der Waals surface area contributed by atoms with E-state index >= 15 is 0 Å². The summed E-state index contributed by atoms with van der Waals surface area (Å²) in [5.41, 5.74) is 6.89. The number of fused-ring (bicyclic) bond motifs is 1. The van der Waals surface area contributed by atoms with Gasteiger partial charge in [0.05, 0.1) is 5.02 Å². The number of aromatic amines is 2. The molecule has 0 radical (unpaired) electrons. The van der Waals surface area contributed by atoms with Crippen LogP contribution >= 0.6 is 23.2 Å². The van der Waals surface area contributed by atoms with E-state index in [-0.39, 0.29) is 45.8 Å². The Hall–Kier alpha value is -2.12. The lowest BCUT2D eigenvalue weighted by atomic mass is 10.0. The van der Waals surface area contributed by atoms with E-state index in [2.05, 4.69) is 20.3 Å². The molecular formula is C11H9Cl2N5O2. The number of carbonyl (C=O) groups excluding carboxylic acids is 1. The predicted octanol–water partition coefficient (Wildman–Crippen LogP) is 1.51. The van der Waals surface area contributed by atoms with Crippen LogP contribution in [0.1, 0.15) is 21.7 Å². The second kappa shape index (κ2) is 4.46. The van der Waals surface area contributed by atoms with Crippen molar-refractivity contribution >= 4 is 40.6 Å². The van der Waals surface area contributed by atoms with Gasteiger partial charge in [-0.1, -0.05) is 29.3 Å². The van der Waals surface area contributed by atoms with Gasteiger partial charge in [-0.3, -0.25) is 4.79 Å². The lowest BCUT2D eigenvalue weighted by Gasteiger charge is -2.04. The standard InChI is InChI=1S/C11H9Cl2N5O2/c12-5-4-3(6-10(20)18-11(14)17-6)1-2-15-9(19)7(4)16-8(5)13/h1,16,20H,2H2,(H,15,19)(H3,14,17,18). The minimum Gasteiger partial charge on any atom is -0.492 e. The number of H-pyrrole nitrogens is 2. The van der Waals surface area contributed by atoms with E-state index in [1.54, 1.807) is 6.08 Å². The maximum atomic E-state index is 11.9. The number of rotatable bonds is 1. The number of aromatic hydroxyl groups is 1. The topological polar surface area (TPSA) is 120 Å². The smallest absolute Gasteiger partial charge is 0.268 e. The van der Waals surface area contributed by atoms with E-state index in [0.717, 1.165) is 0 Å². The summed E-state index contributed by atoms with van der Waals surface area (Å²) in [4.78, 5) is 21.1. The number of hydrogen-bond acceptors (Lipinski definition) is 4. The summed E-state index contributed by atoms with van der Waals surface area (Å²) in [6.45, 7) is 0.267. The molecule has 1 amide bonds. The van der Waals surface area contributed by atoms with Crippen molar-refractivity contribution in [2.24, 2.45) is 0 Å². The Morgan fingerprint density at radius 1 is 1.30 bits per heavy atom. The van der Waals surface area contributed by atoms with Gasteiger partial charge in [0, 0.05) is 17.7 Å². The molecule has 0 fully saturated rings. The van der Waals surface area contributed by atoms with E-state index in [9.17, 15) is 9.90 Å². The third-order valence-electron chi connectivity index (χ3n) is 2.93. The first-order chi connectivity index (χ1) is 9.49. The Labute approximate surface area is 122 Å². The van der Waals surface area contributed by atoms with Gasteiger partial charge in [0.15, 0.2) is 0 Å². The summed E-state index contributed by atoms with van der Waals surface area (Å²) in [6.07, 6.45) is 1.69. The highest BCUT2D eigenvalue weighted by molar-refractivity contribution is 6.43. The highest BCUT2D eigenvalue weighted by Crippen LogP contribution is 2.39. The molecule has 3 heterocycles. The van der Waals surface area contributed by atoms with Crippen LogP contribution in [-0.2, 0) is 0 Å². The molecular weight excluding hydrogens is 305 g/mol.